The van der Waals surface area contributed by atoms with Crippen molar-refractivity contribution in [2.45, 2.75) is 33.2 Å². The standard InChI is InChI=1S/C15H20N2O2/c1-3-17-9-11(5-4-6-16)13-7-10(2)12(15(18)19)8-14(13)17/h7-9H,3-6,16H2,1-2H3,(H,18,19). The van der Waals surface area contributed by atoms with Crippen LogP contribution in [-0.4, -0.2) is 22.2 Å². The van der Waals surface area contributed by atoms with Gasteiger partial charge in [-0.1, -0.05) is 0 Å². The molecule has 102 valence electrons. The number of hydrogen-bond donors (Lipinski definition) is 2. The first-order valence-corrected chi connectivity index (χ1v) is 6.64. The molecule has 0 unspecified atom stereocenters. The first-order valence-electron chi connectivity index (χ1n) is 6.64. The van der Waals surface area contributed by atoms with Crippen molar-refractivity contribution in [1.29, 1.82) is 0 Å². The van der Waals surface area contributed by atoms with Crippen LogP contribution in [0.3, 0.4) is 0 Å². The molecule has 1 aromatic heterocycles. The molecule has 0 saturated carbocycles. The topological polar surface area (TPSA) is 68.2 Å². The van der Waals surface area contributed by atoms with E-state index in [0.29, 0.717) is 12.1 Å². The van der Waals surface area contributed by atoms with Gasteiger partial charge in [0.2, 0.25) is 0 Å². The van der Waals surface area contributed by atoms with E-state index in [1.54, 1.807) is 6.07 Å². The van der Waals surface area contributed by atoms with Gasteiger partial charge in [0, 0.05) is 23.6 Å². The summed E-state index contributed by atoms with van der Waals surface area (Å²) in [5.74, 6) is -0.869. The van der Waals surface area contributed by atoms with Gasteiger partial charge < -0.3 is 15.4 Å². The highest BCUT2D eigenvalue weighted by atomic mass is 16.4. The van der Waals surface area contributed by atoms with Crippen molar-refractivity contribution in [2.24, 2.45) is 5.73 Å². The molecule has 0 aliphatic heterocycles. The van der Waals surface area contributed by atoms with Crippen molar-refractivity contribution in [3.63, 3.8) is 0 Å². The molecule has 3 N–H and O–H groups in total. The number of carboxylic acid groups (broad SMARTS) is 1. The van der Waals surface area contributed by atoms with E-state index >= 15 is 0 Å². The Morgan fingerprint density at radius 3 is 2.74 bits per heavy atom. The van der Waals surface area contributed by atoms with Crippen LogP contribution in [0.2, 0.25) is 0 Å². The molecule has 0 amide bonds. The van der Waals surface area contributed by atoms with Crippen LogP contribution in [0.25, 0.3) is 10.9 Å². The number of aromatic carboxylic acids is 1. The van der Waals surface area contributed by atoms with Gasteiger partial charge in [-0.05, 0) is 56.5 Å². The second-order valence-electron chi connectivity index (χ2n) is 4.82. The summed E-state index contributed by atoms with van der Waals surface area (Å²) < 4.78 is 2.10. The summed E-state index contributed by atoms with van der Waals surface area (Å²) in [5, 5.41) is 10.4. The van der Waals surface area contributed by atoms with Gasteiger partial charge in [-0.2, -0.15) is 0 Å². The highest BCUT2D eigenvalue weighted by Crippen LogP contribution is 2.26. The predicted octanol–water partition coefficient (Wildman–Crippen LogP) is 2.56. The minimum absolute atomic E-state index is 0.380. The largest absolute Gasteiger partial charge is 0.478 e. The van der Waals surface area contributed by atoms with E-state index in [9.17, 15) is 9.90 Å². The smallest absolute Gasteiger partial charge is 0.336 e. The summed E-state index contributed by atoms with van der Waals surface area (Å²) in [6.45, 7) is 5.41. The monoisotopic (exact) mass is 260 g/mol. The molecule has 2 rings (SSSR count). The third kappa shape index (κ3) is 2.49. The van der Waals surface area contributed by atoms with Gasteiger partial charge in [-0.3, -0.25) is 0 Å². The lowest BCUT2D eigenvalue weighted by molar-refractivity contribution is 0.0696. The number of carbonyl (C=O) groups is 1. The number of aromatic nitrogens is 1. The minimum atomic E-state index is -0.869. The molecular weight excluding hydrogens is 240 g/mol. The van der Waals surface area contributed by atoms with Crippen LogP contribution in [0.4, 0.5) is 0 Å². The lowest BCUT2D eigenvalue weighted by Gasteiger charge is -2.05. The van der Waals surface area contributed by atoms with Crippen LogP contribution in [0.5, 0.6) is 0 Å². The SMILES string of the molecule is CCn1cc(CCCN)c2cc(C)c(C(=O)O)cc21. The molecule has 1 aromatic carbocycles. The fourth-order valence-corrected chi connectivity index (χ4v) is 2.50. The molecule has 0 radical (unpaired) electrons. The molecule has 0 atom stereocenters. The van der Waals surface area contributed by atoms with Gasteiger partial charge >= 0.3 is 5.97 Å². The highest BCUT2D eigenvalue weighted by Gasteiger charge is 2.13. The van der Waals surface area contributed by atoms with Crippen molar-refractivity contribution in [3.05, 3.63) is 35.0 Å². The summed E-state index contributed by atoms with van der Waals surface area (Å²) in [6.07, 6.45) is 4.00. The van der Waals surface area contributed by atoms with Crippen LogP contribution < -0.4 is 5.73 Å². The van der Waals surface area contributed by atoms with E-state index < -0.39 is 5.97 Å². The van der Waals surface area contributed by atoms with Crippen LogP contribution in [0.1, 0.15) is 34.8 Å². The molecule has 0 spiro atoms. The lowest BCUT2D eigenvalue weighted by Crippen LogP contribution is -2.01. The number of hydrogen-bond acceptors (Lipinski definition) is 2. The lowest BCUT2D eigenvalue weighted by atomic mass is 10.0. The van der Waals surface area contributed by atoms with Crippen molar-refractivity contribution in [1.82, 2.24) is 4.57 Å². The third-order valence-electron chi connectivity index (χ3n) is 3.53. The zero-order valence-corrected chi connectivity index (χ0v) is 11.4. The maximum absolute atomic E-state index is 11.2. The Kier molecular flexibility index (Phi) is 3.90. The molecule has 0 aliphatic carbocycles. The average Bonchev–Trinajstić information content (AvgIpc) is 2.72. The maximum atomic E-state index is 11.2. The van der Waals surface area contributed by atoms with Gasteiger partial charge in [-0.25, -0.2) is 4.79 Å². The second-order valence-corrected chi connectivity index (χ2v) is 4.82. The molecule has 0 aliphatic rings. The van der Waals surface area contributed by atoms with Gasteiger partial charge in [0.25, 0.3) is 0 Å². The van der Waals surface area contributed by atoms with Crippen molar-refractivity contribution in [3.8, 4) is 0 Å². The van der Waals surface area contributed by atoms with Gasteiger partial charge in [0.15, 0.2) is 0 Å². The number of aryl methyl sites for hydroxylation is 3. The first kappa shape index (κ1) is 13.6. The first-order chi connectivity index (χ1) is 9.08. The van der Waals surface area contributed by atoms with Crippen molar-refractivity contribution in [2.75, 3.05) is 6.54 Å². The summed E-state index contributed by atoms with van der Waals surface area (Å²) in [7, 11) is 0. The molecular formula is C15H20N2O2. The fourth-order valence-electron chi connectivity index (χ4n) is 2.50. The van der Waals surface area contributed by atoms with Crippen LogP contribution in [-0.2, 0) is 13.0 Å². The number of nitrogens with two attached hydrogens (primary N) is 1. The zero-order valence-electron chi connectivity index (χ0n) is 11.4. The number of rotatable bonds is 5. The summed E-state index contributed by atoms with van der Waals surface area (Å²) in [5.41, 5.74) is 9.01. The Balaban J connectivity index is 2.62. The summed E-state index contributed by atoms with van der Waals surface area (Å²) in [6, 6.07) is 3.76. The van der Waals surface area contributed by atoms with Gasteiger partial charge in [0.05, 0.1) is 5.56 Å². The second kappa shape index (κ2) is 5.45. The van der Waals surface area contributed by atoms with Gasteiger partial charge in [0.1, 0.15) is 0 Å². The van der Waals surface area contributed by atoms with E-state index in [4.69, 9.17) is 5.73 Å². The summed E-state index contributed by atoms with van der Waals surface area (Å²) >= 11 is 0. The van der Waals surface area contributed by atoms with E-state index in [1.807, 2.05) is 13.0 Å². The quantitative estimate of drug-likeness (QED) is 0.868. The molecule has 19 heavy (non-hydrogen) atoms. The van der Waals surface area contributed by atoms with Crippen molar-refractivity contribution < 1.29 is 9.90 Å². The Morgan fingerprint density at radius 2 is 2.16 bits per heavy atom. The maximum Gasteiger partial charge on any atom is 0.336 e. The molecule has 2 aromatic rings. The predicted molar refractivity (Wildman–Crippen MR) is 76.7 cm³/mol. The molecule has 1 heterocycles. The number of benzene rings is 1. The fraction of sp³-hybridized carbons (Fsp3) is 0.400. The Hall–Kier alpha value is -1.81. The number of fused-ring (bicyclic) bond motifs is 1. The third-order valence-corrected chi connectivity index (χ3v) is 3.53. The van der Waals surface area contributed by atoms with Crippen LogP contribution in [0, 0.1) is 6.92 Å². The van der Waals surface area contributed by atoms with E-state index in [-0.39, 0.29) is 0 Å². The van der Waals surface area contributed by atoms with Crippen LogP contribution >= 0.6 is 0 Å². The highest BCUT2D eigenvalue weighted by molar-refractivity contribution is 5.96. The average molecular weight is 260 g/mol. The Labute approximate surface area is 112 Å². The van der Waals surface area contributed by atoms with E-state index in [1.165, 1.54) is 5.56 Å². The van der Waals surface area contributed by atoms with Gasteiger partial charge in [-0.15, -0.1) is 0 Å². The molecule has 0 bridgehead atoms. The molecule has 4 heteroatoms. The van der Waals surface area contributed by atoms with Crippen LogP contribution in [0.15, 0.2) is 18.3 Å². The summed E-state index contributed by atoms with van der Waals surface area (Å²) in [4.78, 5) is 11.2. The van der Waals surface area contributed by atoms with E-state index in [0.717, 1.165) is 35.9 Å². The normalized spacial score (nSPS) is 11.1. The molecule has 4 nitrogen and oxygen atoms in total. The zero-order chi connectivity index (χ0) is 14.0. The number of nitrogens with zero attached hydrogens (tertiary/aromatic N) is 1. The Bertz CT molecular complexity index is 614. The molecule has 0 fully saturated rings. The van der Waals surface area contributed by atoms with Crippen molar-refractivity contribution >= 4 is 16.9 Å². The molecule has 0 saturated heterocycles. The van der Waals surface area contributed by atoms with E-state index in [2.05, 4.69) is 17.7 Å². The minimum Gasteiger partial charge on any atom is -0.478 e. The number of carboxylic acids is 1. The Morgan fingerprint density at radius 1 is 1.42 bits per heavy atom.